The summed E-state index contributed by atoms with van der Waals surface area (Å²) in [6.45, 7) is 1.80. The van der Waals surface area contributed by atoms with Gasteiger partial charge >= 0.3 is 0 Å². The first-order valence-corrected chi connectivity index (χ1v) is 6.36. The van der Waals surface area contributed by atoms with E-state index >= 15 is 0 Å². The first-order chi connectivity index (χ1) is 9.40. The maximum Gasteiger partial charge on any atom is 0.269 e. The van der Waals surface area contributed by atoms with Crippen LogP contribution in [0, 0.1) is 17.0 Å². The minimum atomic E-state index is -1.32. The Balaban J connectivity index is 2.35. The number of nitrogens with zero attached hydrogens (tertiary/aromatic N) is 3. The fraction of sp³-hybridized carbons (Fsp3) is 0.167. The normalized spacial score (nSPS) is 10.5. The minimum absolute atomic E-state index is 0.0183. The minimum Gasteiger partial charge on any atom is -0.543 e. The van der Waals surface area contributed by atoms with Crippen LogP contribution in [-0.2, 0) is 6.54 Å². The zero-order valence-electron chi connectivity index (χ0n) is 10.4. The Hall–Kier alpha value is -2.22. The Morgan fingerprint density at radius 3 is 2.50 bits per heavy atom. The van der Waals surface area contributed by atoms with Crippen molar-refractivity contribution in [3.05, 3.63) is 56.1 Å². The smallest absolute Gasteiger partial charge is 0.269 e. The lowest BCUT2D eigenvalue weighted by Crippen LogP contribution is -2.26. The van der Waals surface area contributed by atoms with Crippen molar-refractivity contribution in [2.24, 2.45) is 0 Å². The number of nitro groups is 1. The first-order valence-electron chi connectivity index (χ1n) is 5.57. The van der Waals surface area contributed by atoms with Crippen LogP contribution < -0.4 is 5.11 Å². The SMILES string of the molecule is Cc1nc(Br)n(Cc2ccc([N+](=O)[O-])cc2)c1C(=O)[O-]. The van der Waals surface area contributed by atoms with Crippen molar-refractivity contribution in [1.29, 1.82) is 0 Å². The molecule has 0 saturated heterocycles. The van der Waals surface area contributed by atoms with E-state index in [1.807, 2.05) is 0 Å². The molecule has 20 heavy (non-hydrogen) atoms. The number of hydrogen-bond acceptors (Lipinski definition) is 5. The van der Waals surface area contributed by atoms with Gasteiger partial charge in [0.05, 0.1) is 28.8 Å². The Morgan fingerprint density at radius 2 is 2.00 bits per heavy atom. The van der Waals surface area contributed by atoms with Gasteiger partial charge in [0.2, 0.25) is 0 Å². The number of aromatic nitrogens is 2. The van der Waals surface area contributed by atoms with Crippen LogP contribution in [0.15, 0.2) is 29.0 Å². The van der Waals surface area contributed by atoms with Crippen LogP contribution >= 0.6 is 15.9 Å². The third-order valence-corrected chi connectivity index (χ3v) is 3.38. The van der Waals surface area contributed by atoms with Gasteiger partial charge in [-0.15, -0.1) is 0 Å². The van der Waals surface area contributed by atoms with E-state index in [2.05, 4.69) is 20.9 Å². The summed E-state index contributed by atoms with van der Waals surface area (Å²) in [5.41, 5.74) is 1.03. The highest BCUT2D eigenvalue weighted by molar-refractivity contribution is 9.10. The van der Waals surface area contributed by atoms with E-state index in [1.165, 1.54) is 16.7 Å². The molecule has 2 aromatic rings. The highest BCUT2D eigenvalue weighted by Crippen LogP contribution is 2.19. The predicted octanol–water partition coefficient (Wildman–Crippen LogP) is 1.27. The van der Waals surface area contributed by atoms with Gasteiger partial charge in [0.1, 0.15) is 0 Å². The highest BCUT2D eigenvalue weighted by atomic mass is 79.9. The van der Waals surface area contributed by atoms with Crippen molar-refractivity contribution in [1.82, 2.24) is 9.55 Å². The van der Waals surface area contributed by atoms with Crippen molar-refractivity contribution in [2.75, 3.05) is 0 Å². The maximum atomic E-state index is 11.1. The summed E-state index contributed by atoms with van der Waals surface area (Å²) in [7, 11) is 0. The van der Waals surface area contributed by atoms with Crippen molar-refractivity contribution >= 4 is 27.6 Å². The van der Waals surface area contributed by atoms with E-state index < -0.39 is 10.9 Å². The number of carbonyl (C=O) groups excluding carboxylic acids is 1. The largest absolute Gasteiger partial charge is 0.543 e. The van der Waals surface area contributed by atoms with Crippen molar-refractivity contribution in [2.45, 2.75) is 13.5 Å². The number of benzene rings is 1. The number of carboxylic acids is 1. The second-order valence-corrected chi connectivity index (χ2v) is 4.82. The summed E-state index contributed by atoms with van der Waals surface area (Å²) in [6.07, 6.45) is 0. The van der Waals surface area contributed by atoms with Crippen LogP contribution in [-0.4, -0.2) is 20.4 Å². The molecule has 104 valence electrons. The number of imidazole rings is 1. The molecule has 1 aromatic heterocycles. The second kappa shape index (κ2) is 5.41. The van der Waals surface area contributed by atoms with E-state index in [9.17, 15) is 20.0 Å². The predicted molar refractivity (Wildman–Crippen MR) is 71.2 cm³/mol. The molecule has 0 radical (unpaired) electrons. The van der Waals surface area contributed by atoms with E-state index in [4.69, 9.17) is 0 Å². The third kappa shape index (κ3) is 2.69. The van der Waals surface area contributed by atoms with E-state index in [1.54, 1.807) is 19.1 Å². The average molecular weight is 339 g/mol. The molecule has 8 heteroatoms. The lowest BCUT2D eigenvalue weighted by molar-refractivity contribution is -0.384. The second-order valence-electron chi connectivity index (χ2n) is 4.11. The van der Waals surface area contributed by atoms with Crippen LogP contribution in [0.2, 0.25) is 0 Å². The van der Waals surface area contributed by atoms with Crippen LogP contribution in [0.4, 0.5) is 5.69 Å². The van der Waals surface area contributed by atoms with Gasteiger partial charge in [-0.3, -0.25) is 10.1 Å². The van der Waals surface area contributed by atoms with Gasteiger partial charge in [0.15, 0.2) is 4.73 Å². The molecule has 0 aliphatic rings. The van der Waals surface area contributed by atoms with Gasteiger partial charge in [0, 0.05) is 12.1 Å². The zero-order chi connectivity index (χ0) is 14.9. The lowest BCUT2D eigenvalue weighted by atomic mass is 10.2. The third-order valence-electron chi connectivity index (χ3n) is 2.78. The molecule has 0 aliphatic carbocycles. The number of carboxylic acid groups (broad SMARTS) is 1. The number of nitro benzene ring substituents is 1. The molecule has 0 amide bonds. The molecule has 2 rings (SSSR count). The average Bonchev–Trinajstić information content (AvgIpc) is 2.64. The summed E-state index contributed by atoms with van der Waals surface area (Å²) >= 11 is 3.18. The molecular weight excluding hydrogens is 330 g/mol. The van der Waals surface area contributed by atoms with Gasteiger partial charge in [-0.1, -0.05) is 12.1 Å². The van der Waals surface area contributed by atoms with Crippen LogP contribution in [0.1, 0.15) is 21.7 Å². The Morgan fingerprint density at radius 1 is 1.40 bits per heavy atom. The summed E-state index contributed by atoms with van der Waals surface area (Å²) in [5, 5.41) is 21.7. The van der Waals surface area contributed by atoms with E-state index in [0.717, 1.165) is 5.56 Å². The van der Waals surface area contributed by atoms with Gasteiger partial charge < -0.3 is 14.5 Å². The standard InChI is InChI=1S/C12H10BrN3O4/c1-7-10(11(17)18)15(12(13)14-7)6-8-2-4-9(5-3-8)16(19)20/h2-5H,6H2,1H3,(H,17,18)/p-1. The first kappa shape index (κ1) is 14.2. The monoisotopic (exact) mass is 338 g/mol. The quantitative estimate of drug-likeness (QED) is 0.617. The summed E-state index contributed by atoms with van der Waals surface area (Å²) in [5.74, 6) is -1.32. The molecule has 0 saturated carbocycles. The Labute approximate surface area is 122 Å². The summed E-state index contributed by atoms with van der Waals surface area (Å²) in [4.78, 5) is 25.2. The number of carbonyl (C=O) groups is 1. The highest BCUT2D eigenvalue weighted by Gasteiger charge is 2.14. The van der Waals surface area contributed by atoms with Gasteiger partial charge in [-0.25, -0.2) is 4.98 Å². The van der Waals surface area contributed by atoms with Gasteiger partial charge in [0.25, 0.3) is 5.69 Å². The van der Waals surface area contributed by atoms with Gasteiger partial charge in [-0.2, -0.15) is 0 Å². The van der Waals surface area contributed by atoms with Crippen molar-refractivity contribution in [3.8, 4) is 0 Å². The van der Waals surface area contributed by atoms with Crippen LogP contribution in [0.3, 0.4) is 0 Å². The molecule has 1 heterocycles. The number of non-ortho nitro benzene ring substituents is 1. The van der Waals surface area contributed by atoms with Crippen LogP contribution in [0.25, 0.3) is 0 Å². The zero-order valence-corrected chi connectivity index (χ0v) is 12.0. The van der Waals surface area contributed by atoms with Crippen molar-refractivity contribution < 1.29 is 14.8 Å². The Kier molecular flexibility index (Phi) is 3.84. The van der Waals surface area contributed by atoms with Crippen molar-refractivity contribution in [3.63, 3.8) is 0 Å². The van der Waals surface area contributed by atoms with E-state index in [0.29, 0.717) is 10.4 Å². The Bertz CT molecular complexity index is 679. The fourth-order valence-corrected chi connectivity index (χ4v) is 2.42. The molecule has 0 bridgehead atoms. The molecule has 0 spiro atoms. The van der Waals surface area contributed by atoms with Gasteiger partial charge in [-0.05, 0) is 28.4 Å². The summed E-state index contributed by atoms with van der Waals surface area (Å²) in [6, 6.07) is 5.87. The number of halogens is 1. The number of aryl methyl sites for hydroxylation is 1. The fourth-order valence-electron chi connectivity index (χ4n) is 1.85. The molecule has 0 N–H and O–H groups in total. The molecule has 1 aromatic carbocycles. The molecular formula is C12H9BrN3O4-. The lowest BCUT2D eigenvalue weighted by Gasteiger charge is -2.10. The van der Waals surface area contributed by atoms with Crippen LogP contribution in [0.5, 0.6) is 0 Å². The molecule has 7 nitrogen and oxygen atoms in total. The number of rotatable bonds is 4. The number of hydrogen-bond donors (Lipinski definition) is 0. The number of aromatic carboxylic acids is 1. The molecule has 0 aliphatic heterocycles. The molecule has 0 fully saturated rings. The molecule has 0 atom stereocenters. The topological polar surface area (TPSA) is 101 Å². The summed E-state index contributed by atoms with van der Waals surface area (Å²) < 4.78 is 1.80. The maximum absolute atomic E-state index is 11.1. The van der Waals surface area contributed by atoms with E-state index in [-0.39, 0.29) is 17.9 Å². The molecule has 0 unspecified atom stereocenters.